The average molecular weight is 262 g/mol. The largest absolute Gasteiger partial charge is 0.523 e. The van der Waals surface area contributed by atoms with Crippen molar-refractivity contribution in [3.8, 4) is 0 Å². The van der Waals surface area contributed by atoms with Gasteiger partial charge < -0.3 is 4.74 Å². The van der Waals surface area contributed by atoms with Crippen LogP contribution in [0.3, 0.4) is 0 Å². The first-order valence-corrected chi connectivity index (χ1v) is 5.66. The van der Waals surface area contributed by atoms with Gasteiger partial charge in [-0.1, -0.05) is 0 Å². The van der Waals surface area contributed by atoms with Gasteiger partial charge in [-0.3, -0.25) is 0 Å². The number of ether oxygens (including phenoxy) is 1. The van der Waals surface area contributed by atoms with Crippen LogP contribution < -0.4 is 0 Å². The summed E-state index contributed by atoms with van der Waals surface area (Å²) in [5.74, 6) is -1.11. The topological polar surface area (TPSA) is 69.7 Å². The van der Waals surface area contributed by atoms with Crippen molar-refractivity contribution in [3.63, 3.8) is 0 Å². The van der Waals surface area contributed by atoms with Gasteiger partial charge in [-0.15, -0.1) is 0 Å². The Bertz CT molecular complexity index is 381. The number of esters is 1. The van der Waals surface area contributed by atoms with Crippen LogP contribution >= 0.6 is 0 Å². The van der Waals surface area contributed by atoms with Crippen LogP contribution in [-0.2, 0) is 23.8 Å². The molecule has 0 spiro atoms. The highest BCUT2D eigenvalue weighted by Gasteiger charge is 2.57. The zero-order valence-electron chi connectivity index (χ0n) is 8.20. The van der Waals surface area contributed by atoms with Crippen molar-refractivity contribution in [2.45, 2.75) is 30.4 Å². The van der Waals surface area contributed by atoms with E-state index in [1.54, 1.807) is 0 Å². The summed E-state index contributed by atoms with van der Waals surface area (Å²) in [5.41, 5.74) is -7.54. The minimum Gasteiger partial charge on any atom is -0.467 e. The molecule has 0 radical (unpaired) electrons. The summed E-state index contributed by atoms with van der Waals surface area (Å²) < 4.78 is 65.7. The predicted octanol–water partition coefficient (Wildman–Crippen LogP) is 0.948. The van der Waals surface area contributed by atoms with Crippen molar-refractivity contribution in [2.24, 2.45) is 0 Å². The Balaban J connectivity index is 2.91. The minimum absolute atomic E-state index is 0.102. The SMILES string of the molecule is COC(=O)C1(OS(=O)(=O)C(F)(F)F)CCC1. The van der Waals surface area contributed by atoms with Crippen molar-refractivity contribution in [3.05, 3.63) is 0 Å². The maximum atomic E-state index is 12.0. The first kappa shape index (κ1) is 13.2. The zero-order chi connectivity index (χ0) is 12.6. The molecule has 0 saturated heterocycles. The van der Waals surface area contributed by atoms with Gasteiger partial charge in [0.25, 0.3) is 0 Å². The van der Waals surface area contributed by atoms with Gasteiger partial charge in [0.1, 0.15) is 0 Å². The lowest BCUT2D eigenvalue weighted by Gasteiger charge is -2.37. The van der Waals surface area contributed by atoms with E-state index in [1.165, 1.54) is 0 Å². The number of rotatable bonds is 3. The van der Waals surface area contributed by atoms with Crippen molar-refractivity contribution in [1.29, 1.82) is 0 Å². The molecule has 0 aromatic carbocycles. The molecule has 9 heteroatoms. The molecule has 1 saturated carbocycles. The van der Waals surface area contributed by atoms with E-state index in [9.17, 15) is 26.4 Å². The van der Waals surface area contributed by atoms with Crippen LogP contribution in [0.5, 0.6) is 0 Å². The van der Waals surface area contributed by atoms with Gasteiger partial charge in [0, 0.05) is 0 Å². The van der Waals surface area contributed by atoms with E-state index in [1.807, 2.05) is 0 Å². The van der Waals surface area contributed by atoms with Gasteiger partial charge in [-0.2, -0.15) is 21.6 Å². The van der Waals surface area contributed by atoms with E-state index in [4.69, 9.17) is 0 Å². The quantitative estimate of drug-likeness (QED) is 0.430. The second-order valence-electron chi connectivity index (χ2n) is 3.32. The Kier molecular flexibility index (Phi) is 3.21. The Morgan fingerprint density at radius 2 is 1.81 bits per heavy atom. The molecular formula is C7H9F3O5S. The summed E-state index contributed by atoms with van der Waals surface area (Å²) in [4.78, 5) is 11.1. The van der Waals surface area contributed by atoms with Crippen LogP contribution in [0.4, 0.5) is 13.2 Å². The van der Waals surface area contributed by atoms with E-state index < -0.39 is 27.2 Å². The van der Waals surface area contributed by atoms with Crippen LogP contribution in [-0.4, -0.2) is 32.6 Å². The summed E-state index contributed by atoms with van der Waals surface area (Å²) in [6, 6.07) is 0. The molecule has 0 atom stereocenters. The van der Waals surface area contributed by atoms with Crippen molar-refractivity contribution < 1.29 is 35.3 Å². The van der Waals surface area contributed by atoms with Crippen molar-refractivity contribution in [2.75, 3.05) is 7.11 Å². The lowest BCUT2D eigenvalue weighted by molar-refractivity contribution is -0.168. The summed E-state index contributed by atoms with van der Waals surface area (Å²) >= 11 is 0. The van der Waals surface area contributed by atoms with E-state index in [0.29, 0.717) is 6.42 Å². The number of methoxy groups -OCH3 is 1. The van der Waals surface area contributed by atoms with E-state index in [2.05, 4.69) is 8.92 Å². The number of hydrogen-bond acceptors (Lipinski definition) is 5. The second kappa shape index (κ2) is 3.88. The monoisotopic (exact) mass is 262 g/mol. The highest BCUT2D eigenvalue weighted by molar-refractivity contribution is 7.87. The van der Waals surface area contributed by atoms with Gasteiger partial charge >= 0.3 is 21.6 Å². The molecule has 0 amide bonds. The minimum atomic E-state index is -5.77. The molecule has 1 aliphatic carbocycles. The maximum absolute atomic E-state index is 12.0. The molecular weight excluding hydrogens is 253 g/mol. The number of alkyl halides is 3. The Hall–Kier alpha value is -0.830. The maximum Gasteiger partial charge on any atom is 0.523 e. The fourth-order valence-corrected chi connectivity index (χ4v) is 2.01. The number of halogens is 3. The van der Waals surface area contributed by atoms with Gasteiger partial charge in [-0.05, 0) is 19.3 Å². The molecule has 0 aliphatic heterocycles. The molecule has 0 N–H and O–H groups in total. The van der Waals surface area contributed by atoms with Gasteiger partial charge in [-0.25, -0.2) is 8.98 Å². The first-order chi connectivity index (χ1) is 7.15. The van der Waals surface area contributed by atoms with E-state index in [-0.39, 0.29) is 12.8 Å². The average Bonchev–Trinajstić information content (AvgIpc) is 2.08. The lowest BCUT2D eigenvalue weighted by atomic mass is 9.80. The third-order valence-electron chi connectivity index (χ3n) is 2.27. The summed E-state index contributed by atoms with van der Waals surface area (Å²) in [6.07, 6.45) is 0.201. The molecule has 0 bridgehead atoms. The van der Waals surface area contributed by atoms with Crippen molar-refractivity contribution in [1.82, 2.24) is 0 Å². The third-order valence-corrected chi connectivity index (χ3v) is 3.38. The molecule has 0 aromatic heterocycles. The third kappa shape index (κ3) is 2.14. The fourth-order valence-electron chi connectivity index (χ4n) is 1.26. The number of hydrogen-bond donors (Lipinski definition) is 0. The van der Waals surface area contributed by atoms with Crippen LogP contribution in [0.1, 0.15) is 19.3 Å². The number of carbonyl (C=O) groups is 1. The summed E-state index contributed by atoms with van der Waals surface area (Å²) in [6.45, 7) is 0. The van der Waals surface area contributed by atoms with Gasteiger partial charge in [0.15, 0.2) is 5.60 Å². The lowest BCUT2D eigenvalue weighted by Crippen LogP contribution is -2.51. The normalized spacial score (nSPS) is 20.0. The van der Waals surface area contributed by atoms with E-state index >= 15 is 0 Å². The zero-order valence-corrected chi connectivity index (χ0v) is 9.02. The Morgan fingerprint density at radius 3 is 2.06 bits per heavy atom. The molecule has 1 fully saturated rings. The molecule has 0 aromatic rings. The molecule has 0 heterocycles. The fraction of sp³-hybridized carbons (Fsp3) is 0.857. The smallest absolute Gasteiger partial charge is 0.467 e. The highest BCUT2D eigenvalue weighted by atomic mass is 32.2. The molecule has 16 heavy (non-hydrogen) atoms. The van der Waals surface area contributed by atoms with Gasteiger partial charge in [0.05, 0.1) is 7.11 Å². The molecule has 1 rings (SSSR count). The Morgan fingerprint density at radius 1 is 1.31 bits per heavy atom. The summed E-state index contributed by atoms with van der Waals surface area (Å²) in [5, 5.41) is 0. The van der Waals surface area contributed by atoms with Crippen molar-refractivity contribution >= 4 is 16.1 Å². The first-order valence-electron chi connectivity index (χ1n) is 4.25. The van der Waals surface area contributed by atoms with Crippen LogP contribution in [0.25, 0.3) is 0 Å². The highest BCUT2D eigenvalue weighted by Crippen LogP contribution is 2.41. The summed E-state index contributed by atoms with van der Waals surface area (Å²) in [7, 11) is -4.82. The molecule has 1 aliphatic rings. The molecule has 0 unspecified atom stereocenters. The second-order valence-corrected chi connectivity index (χ2v) is 4.86. The van der Waals surface area contributed by atoms with Crippen LogP contribution in [0.15, 0.2) is 0 Å². The van der Waals surface area contributed by atoms with Gasteiger partial charge in [0.2, 0.25) is 0 Å². The Labute approximate surface area is 89.6 Å². The van der Waals surface area contributed by atoms with Crippen LogP contribution in [0.2, 0.25) is 0 Å². The molecule has 5 nitrogen and oxygen atoms in total. The predicted molar refractivity (Wildman–Crippen MR) is 44.7 cm³/mol. The van der Waals surface area contributed by atoms with Crippen LogP contribution in [0, 0.1) is 0 Å². The number of carbonyl (C=O) groups excluding carboxylic acids is 1. The van der Waals surface area contributed by atoms with E-state index in [0.717, 1.165) is 7.11 Å². The molecule has 94 valence electrons. The standard InChI is InChI=1S/C7H9F3O5S/c1-14-5(11)6(3-2-4-6)15-16(12,13)7(8,9)10/h2-4H2,1H3.